The third-order valence-corrected chi connectivity index (χ3v) is 5.56. The molecular weight excluding hydrogens is 414 g/mol. The van der Waals surface area contributed by atoms with E-state index in [4.69, 9.17) is 11.5 Å². The molecule has 0 aliphatic carbocycles. The van der Waals surface area contributed by atoms with Gasteiger partial charge < -0.3 is 16.4 Å². The van der Waals surface area contributed by atoms with Crippen molar-refractivity contribution in [3.05, 3.63) is 45.6 Å². The van der Waals surface area contributed by atoms with Gasteiger partial charge >= 0.3 is 0 Å². The summed E-state index contributed by atoms with van der Waals surface area (Å²) in [6.45, 7) is 2.87. The number of amides is 2. The first-order valence-electron chi connectivity index (χ1n) is 9.14. The molecule has 1 saturated heterocycles. The highest BCUT2D eigenvalue weighted by Gasteiger charge is 2.21. The van der Waals surface area contributed by atoms with E-state index in [1.165, 1.54) is 29.6 Å². The molecule has 8 nitrogen and oxygen atoms in total. The van der Waals surface area contributed by atoms with Crippen LogP contribution in [0.15, 0.2) is 34.6 Å². The van der Waals surface area contributed by atoms with Crippen LogP contribution in [0.1, 0.15) is 32.0 Å². The molecule has 3 rings (SSSR count). The van der Waals surface area contributed by atoms with Crippen molar-refractivity contribution in [3.8, 4) is 11.1 Å². The van der Waals surface area contributed by atoms with Crippen LogP contribution >= 0.6 is 11.3 Å². The second-order valence-electron chi connectivity index (χ2n) is 6.87. The molecule has 2 amide bonds. The van der Waals surface area contributed by atoms with E-state index in [0.717, 1.165) is 24.4 Å². The zero-order valence-electron chi connectivity index (χ0n) is 16.3. The Morgan fingerprint density at radius 3 is 2.43 bits per heavy atom. The van der Waals surface area contributed by atoms with Gasteiger partial charge in [-0.1, -0.05) is 0 Å². The number of aliphatic imine (C=N–C) groups is 1. The van der Waals surface area contributed by atoms with E-state index in [2.05, 4.69) is 15.3 Å². The maximum atomic E-state index is 13.4. The van der Waals surface area contributed by atoms with E-state index in [1.807, 2.05) is 7.05 Å². The van der Waals surface area contributed by atoms with E-state index in [9.17, 15) is 18.4 Å². The summed E-state index contributed by atoms with van der Waals surface area (Å²) < 4.78 is 26.8. The summed E-state index contributed by atoms with van der Waals surface area (Å²) >= 11 is 0.904. The number of thiophene rings is 1. The van der Waals surface area contributed by atoms with E-state index in [-0.39, 0.29) is 21.6 Å². The van der Waals surface area contributed by atoms with Crippen LogP contribution < -0.4 is 16.9 Å². The Balaban J connectivity index is 1.97. The van der Waals surface area contributed by atoms with Crippen molar-refractivity contribution in [3.63, 3.8) is 0 Å². The standard InChI is InChI=1S/C19H22F2N6O2S/c1-26-3-5-27(6-4-26)25-18(29)13-9-11(14-2-7-30-15(14)16(20)21)8-12(10-13)17(28)24-19(22)23/h2,7-10,16H,3-6H2,1H3,(H,25,29)(H4,22,23,24,28). The van der Waals surface area contributed by atoms with E-state index < -0.39 is 24.2 Å². The SMILES string of the molecule is CN1CCN(NC(=O)c2cc(C(=O)N=C(N)N)cc(-c3ccsc3C(F)F)c2)CC1. The first kappa shape index (κ1) is 21.8. The predicted octanol–water partition coefficient (Wildman–Crippen LogP) is 1.66. The van der Waals surface area contributed by atoms with Crippen molar-refractivity contribution in [1.82, 2.24) is 15.3 Å². The molecule has 0 saturated carbocycles. The number of nitrogens with one attached hydrogen (secondary N) is 1. The summed E-state index contributed by atoms with van der Waals surface area (Å²) in [5, 5.41) is 3.31. The van der Waals surface area contributed by atoms with E-state index >= 15 is 0 Å². The van der Waals surface area contributed by atoms with Gasteiger partial charge in [0.1, 0.15) is 0 Å². The van der Waals surface area contributed by atoms with E-state index in [1.54, 1.807) is 5.01 Å². The molecule has 1 aliphatic heterocycles. The fourth-order valence-corrected chi connectivity index (χ4v) is 3.84. The van der Waals surface area contributed by atoms with Gasteiger partial charge in [0, 0.05) is 42.9 Å². The number of piperazine rings is 1. The Kier molecular flexibility index (Phi) is 6.75. The highest BCUT2D eigenvalue weighted by atomic mass is 32.1. The molecule has 30 heavy (non-hydrogen) atoms. The molecule has 0 unspecified atom stereocenters. The fourth-order valence-electron chi connectivity index (χ4n) is 3.07. The van der Waals surface area contributed by atoms with Crippen LogP contribution in [-0.2, 0) is 0 Å². The second-order valence-corrected chi connectivity index (χ2v) is 7.82. The largest absolute Gasteiger partial charge is 0.370 e. The summed E-state index contributed by atoms with van der Waals surface area (Å²) in [5.74, 6) is -1.65. The lowest BCUT2D eigenvalue weighted by molar-refractivity contribution is 0.0662. The molecule has 0 radical (unpaired) electrons. The highest BCUT2D eigenvalue weighted by molar-refractivity contribution is 7.10. The van der Waals surface area contributed by atoms with Crippen molar-refractivity contribution in [1.29, 1.82) is 0 Å². The number of nitrogens with two attached hydrogens (primary N) is 2. The van der Waals surface area contributed by atoms with Crippen LogP contribution in [0.2, 0.25) is 0 Å². The van der Waals surface area contributed by atoms with Gasteiger partial charge in [0.05, 0.1) is 4.88 Å². The van der Waals surface area contributed by atoms with Crippen LogP contribution in [-0.4, -0.2) is 60.9 Å². The number of nitrogens with zero attached hydrogens (tertiary/aromatic N) is 3. The number of likely N-dealkylation sites (N-methyl/N-ethyl adjacent to an activating group) is 1. The minimum atomic E-state index is -2.68. The Morgan fingerprint density at radius 2 is 1.80 bits per heavy atom. The molecule has 2 heterocycles. The van der Waals surface area contributed by atoms with Gasteiger partial charge in [-0.3, -0.25) is 15.0 Å². The topological polar surface area (TPSA) is 117 Å². The number of benzene rings is 1. The Hall–Kier alpha value is -2.89. The molecular formula is C19H22F2N6O2S. The lowest BCUT2D eigenvalue weighted by Crippen LogP contribution is -2.52. The first-order chi connectivity index (χ1) is 14.2. The summed E-state index contributed by atoms with van der Waals surface area (Å²) in [6, 6.07) is 5.75. The molecule has 0 atom stereocenters. The third-order valence-electron chi connectivity index (χ3n) is 4.64. The van der Waals surface area contributed by atoms with Gasteiger partial charge in [0.2, 0.25) is 0 Å². The third kappa shape index (κ3) is 5.17. The molecule has 1 aromatic heterocycles. The number of carbonyl (C=O) groups is 2. The predicted molar refractivity (Wildman–Crippen MR) is 111 cm³/mol. The number of halogens is 2. The van der Waals surface area contributed by atoms with Crippen LogP contribution in [0.4, 0.5) is 8.78 Å². The number of rotatable bonds is 5. The average molecular weight is 436 g/mol. The first-order valence-corrected chi connectivity index (χ1v) is 10.0. The molecule has 1 aromatic carbocycles. The van der Waals surface area contributed by atoms with Gasteiger partial charge in [0.25, 0.3) is 18.2 Å². The van der Waals surface area contributed by atoms with Crippen molar-refractivity contribution in [2.24, 2.45) is 16.5 Å². The normalized spacial score (nSPS) is 15.2. The molecule has 1 fully saturated rings. The Morgan fingerprint density at radius 1 is 1.13 bits per heavy atom. The lowest BCUT2D eigenvalue weighted by Gasteiger charge is -2.32. The lowest BCUT2D eigenvalue weighted by atomic mass is 9.99. The second kappa shape index (κ2) is 9.28. The summed E-state index contributed by atoms with van der Waals surface area (Å²) in [6.07, 6.45) is -2.68. The van der Waals surface area contributed by atoms with Crippen molar-refractivity contribution in [2.75, 3.05) is 33.2 Å². The number of hydrogen-bond donors (Lipinski definition) is 3. The van der Waals surface area contributed by atoms with Gasteiger partial charge in [-0.25, -0.2) is 13.8 Å². The minimum absolute atomic E-state index is 0.0239. The summed E-state index contributed by atoms with van der Waals surface area (Å²) in [5.41, 5.74) is 14.1. The summed E-state index contributed by atoms with van der Waals surface area (Å²) in [7, 11) is 1.99. The van der Waals surface area contributed by atoms with Crippen molar-refractivity contribution < 1.29 is 18.4 Å². The van der Waals surface area contributed by atoms with Crippen LogP contribution in [0.3, 0.4) is 0 Å². The van der Waals surface area contributed by atoms with Crippen molar-refractivity contribution >= 4 is 29.1 Å². The fraction of sp³-hybridized carbons (Fsp3) is 0.316. The maximum Gasteiger partial charge on any atom is 0.280 e. The monoisotopic (exact) mass is 436 g/mol. The van der Waals surface area contributed by atoms with Gasteiger partial charge in [-0.2, -0.15) is 4.99 Å². The molecule has 11 heteroatoms. The Labute approximate surface area is 176 Å². The number of alkyl halides is 2. The highest BCUT2D eigenvalue weighted by Crippen LogP contribution is 2.36. The maximum absolute atomic E-state index is 13.4. The zero-order chi connectivity index (χ0) is 21.8. The van der Waals surface area contributed by atoms with Gasteiger partial charge in [-0.15, -0.1) is 11.3 Å². The Bertz CT molecular complexity index is 966. The molecule has 0 bridgehead atoms. The molecule has 0 spiro atoms. The van der Waals surface area contributed by atoms with Gasteiger partial charge in [-0.05, 0) is 42.3 Å². The minimum Gasteiger partial charge on any atom is -0.370 e. The molecule has 1 aliphatic rings. The van der Waals surface area contributed by atoms with Crippen LogP contribution in [0, 0.1) is 0 Å². The van der Waals surface area contributed by atoms with E-state index in [0.29, 0.717) is 18.7 Å². The number of carbonyl (C=O) groups excluding carboxylic acids is 2. The number of hydrazine groups is 1. The molecule has 5 N–H and O–H groups in total. The smallest absolute Gasteiger partial charge is 0.280 e. The molecule has 2 aromatic rings. The summed E-state index contributed by atoms with van der Waals surface area (Å²) in [4.78, 5) is 30.7. The van der Waals surface area contributed by atoms with Crippen molar-refractivity contribution in [2.45, 2.75) is 6.43 Å². The van der Waals surface area contributed by atoms with Gasteiger partial charge in [0.15, 0.2) is 5.96 Å². The molecule has 160 valence electrons. The number of guanidine groups is 1. The number of hydrogen-bond acceptors (Lipinski definition) is 5. The zero-order valence-corrected chi connectivity index (χ0v) is 17.1. The van der Waals surface area contributed by atoms with Crippen LogP contribution in [0.5, 0.6) is 0 Å². The van der Waals surface area contributed by atoms with Crippen LogP contribution in [0.25, 0.3) is 11.1 Å². The average Bonchev–Trinajstić information content (AvgIpc) is 3.19. The quantitative estimate of drug-likeness (QED) is 0.485.